The number of carbonyl (C=O) groups excluding carboxylic acids is 1. The van der Waals surface area contributed by atoms with Gasteiger partial charge in [0.2, 0.25) is 0 Å². The highest BCUT2D eigenvalue weighted by Crippen LogP contribution is 2.40. The van der Waals surface area contributed by atoms with E-state index in [1.165, 1.54) is 14.0 Å². The van der Waals surface area contributed by atoms with Gasteiger partial charge < -0.3 is 63.2 Å². The van der Waals surface area contributed by atoms with E-state index in [0.29, 0.717) is 39.3 Å². The molecular formula is C41H76N2O13. The highest BCUT2D eigenvalue weighted by atomic mass is 16.7. The third-order valence-corrected chi connectivity index (χ3v) is 13.3. The minimum absolute atomic E-state index is 0.117. The van der Waals surface area contributed by atoms with E-state index in [1.807, 2.05) is 39.6 Å². The first kappa shape index (κ1) is 47.6. The number of cyclic esters (lactones) is 1. The third-order valence-electron chi connectivity index (χ3n) is 13.3. The van der Waals surface area contributed by atoms with Crippen LogP contribution in [0.4, 0.5) is 0 Å². The molecule has 0 spiro atoms. The van der Waals surface area contributed by atoms with Crippen molar-refractivity contribution < 1.29 is 63.1 Å². The second-order valence-corrected chi connectivity index (χ2v) is 18.1. The number of likely N-dealkylation sites (N-methyl/N-ethyl adjacent to an activating group) is 1. The molecule has 4 aliphatic heterocycles. The van der Waals surface area contributed by atoms with Gasteiger partial charge in [0, 0.05) is 58.7 Å². The number of nitrogens with zero attached hydrogens (tertiary/aromatic N) is 2. The van der Waals surface area contributed by atoms with Crippen LogP contribution in [0.5, 0.6) is 0 Å². The summed E-state index contributed by atoms with van der Waals surface area (Å²) in [5, 5.41) is 47.2. The number of morpholine rings is 1. The van der Waals surface area contributed by atoms with E-state index in [-0.39, 0.29) is 43.4 Å². The Labute approximate surface area is 335 Å². The Morgan fingerprint density at radius 3 is 2.14 bits per heavy atom. The molecule has 4 rings (SSSR count). The lowest BCUT2D eigenvalue weighted by molar-refractivity contribution is -0.317. The number of hydrogen-bond acceptors (Lipinski definition) is 15. The summed E-state index contributed by atoms with van der Waals surface area (Å²) in [6, 6.07) is -0.839. The van der Waals surface area contributed by atoms with Gasteiger partial charge in [-0.05, 0) is 74.3 Å². The first-order valence-electron chi connectivity index (χ1n) is 20.8. The van der Waals surface area contributed by atoms with Crippen LogP contribution in [0, 0.1) is 17.8 Å². The van der Waals surface area contributed by atoms with Crippen LogP contribution >= 0.6 is 0 Å². The van der Waals surface area contributed by atoms with Crippen LogP contribution in [-0.4, -0.2) is 181 Å². The van der Waals surface area contributed by atoms with Gasteiger partial charge in [0.15, 0.2) is 12.6 Å². The Kier molecular flexibility index (Phi) is 16.6. The predicted molar refractivity (Wildman–Crippen MR) is 208 cm³/mol. The summed E-state index contributed by atoms with van der Waals surface area (Å²) in [6.07, 6.45) is -6.72. The van der Waals surface area contributed by atoms with Crippen molar-refractivity contribution in [3.8, 4) is 0 Å². The van der Waals surface area contributed by atoms with Crippen molar-refractivity contribution in [2.45, 2.75) is 185 Å². The van der Waals surface area contributed by atoms with Gasteiger partial charge in [0.05, 0.1) is 66.9 Å². The maximum atomic E-state index is 14.4. The minimum atomic E-state index is -1.79. The van der Waals surface area contributed by atoms with E-state index >= 15 is 0 Å². The summed E-state index contributed by atoms with van der Waals surface area (Å²) in [6.45, 7) is 20.9. The molecule has 15 nitrogen and oxygen atoms in total. The van der Waals surface area contributed by atoms with Crippen LogP contribution in [0.3, 0.4) is 0 Å². The number of methoxy groups -OCH3 is 2. The molecule has 0 aromatic rings. The Morgan fingerprint density at radius 1 is 0.911 bits per heavy atom. The molecule has 56 heavy (non-hydrogen) atoms. The minimum Gasteiger partial charge on any atom is -0.459 e. The van der Waals surface area contributed by atoms with Crippen molar-refractivity contribution in [2.75, 3.05) is 54.1 Å². The van der Waals surface area contributed by atoms with Crippen molar-refractivity contribution >= 4 is 5.97 Å². The molecule has 4 aliphatic rings. The number of aliphatic hydroxyl groups is 4. The Balaban J connectivity index is 1.84. The molecule has 0 radical (unpaired) electrons. The number of carbonyl (C=O) groups is 1. The molecule has 0 unspecified atom stereocenters. The molecule has 0 aromatic heterocycles. The molecule has 0 saturated carbocycles. The number of aliphatic hydroxyl groups excluding tert-OH is 2. The molecule has 0 amide bonds. The van der Waals surface area contributed by atoms with Crippen molar-refractivity contribution in [3.63, 3.8) is 0 Å². The molecule has 4 fully saturated rings. The van der Waals surface area contributed by atoms with Crippen LogP contribution in [-0.2, 0) is 42.7 Å². The summed E-state index contributed by atoms with van der Waals surface area (Å²) in [4.78, 5) is 18.6. The second kappa shape index (κ2) is 19.6. The quantitative estimate of drug-likeness (QED) is 0.263. The number of hydrogen-bond donors (Lipinski definition) is 4. The molecule has 0 bridgehead atoms. The van der Waals surface area contributed by atoms with E-state index in [9.17, 15) is 25.2 Å². The zero-order valence-corrected chi connectivity index (χ0v) is 36.4. The largest absolute Gasteiger partial charge is 0.459 e. The van der Waals surface area contributed by atoms with Crippen molar-refractivity contribution in [1.29, 1.82) is 0 Å². The van der Waals surface area contributed by atoms with Gasteiger partial charge in [-0.1, -0.05) is 20.8 Å². The van der Waals surface area contributed by atoms with Gasteiger partial charge in [-0.2, -0.15) is 0 Å². The SMILES string of the molecule is CC[C@H]1OC(=O)[C@H](C)[C@@H](O[C@H]2C[C@@](C)(OC)[C@@H](O)[C@H](C)O2)[C@H](C)[C@@H](O[C@@H]2O[C@H](C)C[C@@H](OC)[C@@H]2N2CCOCC2)[C@](C)(O)C[C@@H](C)CN(C)[C@H](C)[C@@H](O)[C@]1(C)O. The molecule has 18 atom stereocenters. The first-order chi connectivity index (χ1) is 26.1. The molecule has 4 saturated heterocycles. The number of ether oxygens (including phenoxy) is 8. The molecule has 328 valence electrons. The Bertz CT molecular complexity index is 1240. The normalized spacial score (nSPS) is 48.8. The highest BCUT2D eigenvalue weighted by Gasteiger charge is 2.53. The summed E-state index contributed by atoms with van der Waals surface area (Å²) in [5.74, 6) is -2.45. The predicted octanol–water partition coefficient (Wildman–Crippen LogP) is 2.33. The average molecular weight is 805 g/mol. The summed E-state index contributed by atoms with van der Waals surface area (Å²) >= 11 is 0. The fourth-order valence-electron chi connectivity index (χ4n) is 9.72. The van der Waals surface area contributed by atoms with E-state index < -0.39 is 89.9 Å². The second-order valence-electron chi connectivity index (χ2n) is 18.1. The van der Waals surface area contributed by atoms with Crippen LogP contribution in [0.2, 0.25) is 0 Å². The monoisotopic (exact) mass is 805 g/mol. The molecule has 0 aromatic carbocycles. The van der Waals surface area contributed by atoms with Crippen LogP contribution in [0.25, 0.3) is 0 Å². The lowest BCUT2D eigenvalue weighted by Crippen LogP contribution is -2.63. The Hall–Kier alpha value is -1.05. The molecule has 15 heteroatoms. The van der Waals surface area contributed by atoms with E-state index in [1.54, 1.807) is 41.7 Å². The van der Waals surface area contributed by atoms with E-state index in [4.69, 9.17) is 37.9 Å². The average Bonchev–Trinajstić information content (AvgIpc) is 3.14. The Morgan fingerprint density at radius 2 is 1.55 bits per heavy atom. The van der Waals surface area contributed by atoms with E-state index in [2.05, 4.69) is 4.90 Å². The van der Waals surface area contributed by atoms with Gasteiger partial charge in [-0.3, -0.25) is 9.69 Å². The molecular weight excluding hydrogens is 728 g/mol. The standard InChI is InChI=1S/C41H76N2O13/c1-14-30-41(10,48)34(44)27(6)42(11)22-23(2)20-39(8,47)36(56-38-32(43-15-17-51-18-16-43)29(49-12)19-24(3)52-38)25(4)33(26(5)37(46)54-30)55-31-21-40(9,50-13)35(45)28(7)53-31/h23-36,38,44-45,47-48H,14-22H2,1-13H3/t23-,24-,25+,26-,27-,28+,29-,30-,31+,32+,33+,34-,35+,36-,38+,39-,40-,41-/m1/s1. The van der Waals surface area contributed by atoms with Crippen LogP contribution in [0.1, 0.15) is 94.9 Å². The van der Waals surface area contributed by atoms with Gasteiger partial charge in [-0.25, -0.2) is 0 Å². The van der Waals surface area contributed by atoms with E-state index in [0.717, 1.165) is 0 Å². The van der Waals surface area contributed by atoms with Gasteiger partial charge in [-0.15, -0.1) is 0 Å². The summed E-state index contributed by atoms with van der Waals surface area (Å²) in [5.41, 5.74) is -4.31. The van der Waals surface area contributed by atoms with Gasteiger partial charge >= 0.3 is 5.97 Å². The smallest absolute Gasteiger partial charge is 0.311 e. The van der Waals surface area contributed by atoms with Crippen LogP contribution in [0.15, 0.2) is 0 Å². The maximum Gasteiger partial charge on any atom is 0.311 e. The van der Waals surface area contributed by atoms with Gasteiger partial charge in [0.1, 0.15) is 23.9 Å². The maximum absolute atomic E-state index is 14.4. The molecule has 4 N–H and O–H groups in total. The number of rotatable bonds is 8. The highest BCUT2D eigenvalue weighted by molar-refractivity contribution is 5.73. The fourth-order valence-corrected chi connectivity index (χ4v) is 9.72. The van der Waals surface area contributed by atoms with Crippen molar-refractivity contribution in [3.05, 3.63) is 0 Å². The topological polar surface area (TPSA) is 178 Å². The zero-order valence-electron chi connectivity index (χ0n) is 36.4. The first-order valence-corrected chi connectivity index (χ1v) is 20.8. The van der Waals surface area contributed by atoms with Crippen molar-refractivity contribution in [1.82, 2.24) is 9.80 Å². The van der Waals surface area contributed by atoms with Crippen LogP contribution < -0.4 is 0 Å². The lowest BCUT2D eigenvalue weighted by atomic mass is 9.77. The third kappa shape index (κ3) is 10.6. The van der Waals surface area contributed by atoms with Gasteiger partial charge in [0.25, 0.3) is 0 Å². The fraction of sp³-hybridized carbons (Fsp3) is 0.976. The molecule has 4 heterocycles. The molecule has 0 aliphatic carbocycles. The van der Waals surface area contributed by atoms with Crippen molar-refractivity contribution in [2.24, 2.45) is 17.8 Å². The zero-order chi connectivity index (χ0) is 41.9. The summed E-state index contributed by atoms with van der Waals surface area (Å²) in [7, 11) is 5.09. The lowest BCUT2D eigenvalue weighted by Gasteiger charge is -2.50. The number of esters is 1. The summed E-state index contributed by atoms with van der Waals surface area (Å²) < 4.78 is 50.5.